The van der Waals surface area contributed by atoms with Crippen molar-refractivity contribution in [2.24, 2.45) is 0 Å². The van der Waals surface area contributed by atoms with E-state index in [4.69, 9.17) is 5.73 Å². The molecule has 1 aromatic rings. The van der Waals surface area contributed by atoms with Gasteiger partial charge >= 0.3 is 0 Å². The number of ketones is 1. The van der Waals surface area contributed by atoms with Gasteiger partial charge in [-0.3, -0.25) is 4.79 Å². The Balaban J connectivity index is 3.60. The van der Waals surface area contributed by atoms with Crippen molar-refractivity contribution in [3.8, 4) is 0 Å². The van der Waals surface area contributed by atoms with Crippen molar-refractivity contribution in [1.82, 2.24) is 0 Å². The lowest BCUT2D eigenvalue weighted by molar-refractivity contribution is 0.0977. The Labute approximate surface area is 82.7 Å². The van der Waals surface area contributed by atoms with Gasteiger partial charge in [-0.1, -0.05) is 6.92 Å². The molecule has 0 bridgehead atoms. The molecule has 2 nitrogen and oxygen atoms in total. The smallest absolute Gasteiger partial charge is 0.185 e. The number of Topliss-reactive ketones (excluding diaryl/α,β-unsaturated/α-hetero) is 1. The molecule has 0 aliphatic rings. The fourth-order valence-corrected chi connectivity index (χ4v) is 1.07. The molecule has 0 aliphatic carbocycles. The van der Waals surface area contributed by atoms with E-state index in [1.54, 1.807) is 0 Å². The average Bonchev–Trinajstić information content (AvgIpc) is 2.23. The monoisotopic (exact) mass is 221 g/mol. The second kappa shape index (κ2) is 3.88. The number of carbonyl (C=O) groups excluding carboxylic acids is 1. The maximum Gasteiger partial charge on any atom is 0.185 e. The predicted octanol–water partition coefficient (Wildman–Crippen LogP) is 2.42. The van der Waals surface area contributed by atoms with Gasteiger partial charge in [0.2, 0.25) is 0 Å². The molecule has 0 spiro atoms. The second-order valence-electron chi connectivity index (χ2n) is 2.82. The van der Waals surface area contributed by atoms with E-state index in [1.165, 1.54) is 6.92 Å². The fourth-order valence-electron chi connectivity index (χ4n) is 1.07. The zero-order valence-electron chi connectivity index (χ0n) is 7.70. The van der Waals surface area contributed by atoms with Gasteiger partial charge < -0.3 is 5.73 Å². The minimum absolute atomic E-state index is 0.267. The first-order valence-electron chi connectivity index (χ1n) is 4.06. The zero-order valence-corrected chi connectivity index (χ0v) is 7.70. The molecule has 0 saturated carbocycles. The van der Waals surface area contributed by atoms with Crippen molar-refractivity contribution in [2.75, 3.05) is 5.73 Å². The molecular formula is C9H7F4NO. The first-order valence-corrected chi connectivity index (χ1v) is 4.06. The summed E-state index contributed by atoms with van der Waals surface area (Å²) in [6, 6.07) is 0. The number of nitrogen functional groups attached to an aromatic ring is 1. The summed E-state index contributed by atoms with van der Waals surface area (Å²) in [5.74, 6) is -8.02. The number of nitrogens with two attached hydrogens (primary N) is 1. The van der Waals surface area contributed by atoms with Crippen LogP contribution in [0.2, 0.25) is 0 Å². The largest absolute Gasteiger partial charge is 0.394 e. The van der Waals surface area contributed by atoms with Gasteiger partial charge in [-0.05, 0) is 0 Å². The van der Waals surface area contributed by atoms with Crippen LogP contribution in [-0.2, 0) is 0 Å². The summed E-state index contributed by atoms with van der Waals surface area (Å²) in [5.41, 5.74) is 2.27. The number of rotatable bonds is 2. The third-order valence-corrected chi connectivity index (χ3v) is 1.90. The van der Waals surface area contributed by atoms with Gasteiger partial charge in [0, 0.05) is 6.42 Å². The van der Waals surface area contributed by atoms with E-state index < -0.39 is 40.3 Å². The minimum atomic E-state index is -1.75. The fraction of sp³-hybridized carbons (Fsp3) is 0.222. The van der Waals surface area contributed by atoms with Gasteiger partial charge in [0.1, 0.15) is 5.69 Å². The summed E-state index contributed by atoms with van der Waals surface area (Å²) in [7, 11) is 0. The molecular weight excluding hydrogens is 214 g/mol. The molecule has 0 aromatic heterocycles. The Morgan fingerprint density at radius 3 is 1.80 bits per heavy atom. The van der Waals surface area contributed by atoms with Crippen LogP contribution in [0.15, 0.2) is 0 Å². The third-order valence-electron chi connectivity index (χ3n) is 1.90. The Bertz CT molecular complexity index is 402. The lowest BCUT2D eigenvalue weighted by Gasteiger charge is -2.07. The molecule has 2 N–H and O–H groups in total. The van der Waals surface area contributed by atoms with Crippen LogP contribution in [0.25, 0.3) is 0 Å². The van der Waals surface area contributed by atoms with Crippen LogP contribution in [0.4, 0.5) is 23.2 Å². The average molecular weight is 221 g/mol. The Morgan fingerprint density at radius 2 is 1.47 bits per heavy atom. The molecule has 1 aromatic carbocycles. The van der Waals surface area contributed by atoms with Gasteiger partial charge in [0.25, 0.3) is 0 Å². The molecule has 0 atom stereocenters. The van der Waals surface area contributed by atoms with Gasteiger partial charge in [-0.2, -0.15) is 0 Å². The van der Waals surface area contributed by atoms with Crippen LogP contribution in [0.5, 0.6) is 0 Å². The molecule has 1 rings (SSSR count). The van der Waals surface area contributed by atoms with Crippen molar-refractivity contribution in [1.29, 1.82) is 0 Å². The number of benzene rings is 1. The molecule has 0 amide bonds. The Morgan fingerprint density at radius 1 is 1.07 bits per heavy atom. The quantitative estimate of drug-likeness (QED) is 0.360. The van der Waals surface area contributed by atoms with Crippen LogP contribution >= 0.6 is 0 Å². The number of anilines is 1. The lowest BCUT2D eigenvalue weighted by Crippen LogP contribution is -2.12. The van der Waals surface area contributed by atoms with Gasteiger partial charge in [-0.25, -0.2) is 17.6 Å². The van der Waals surface area contributed by atoms with E-state index >= 15 is 0 Å². The summed E-state index contributed by atoms with van der Waals surface area (Å²) in [5, 5.41) is 0. The van der Waals surface area contributed by atoms with Crippen LogP contribution in [0.1, 0.15) is 23.7 Å². The van der Waals surface area contributed by atoms with E-state index in [-0.39, 0.29) is 6.42 Å². The third kappa shape index (κ3) is 1.67. The SMILES string of the molecule is CCC(=O)c1c(F)c(F)c(N)c(F)c1F. The normalized spacial score (nSPS) is 10.5. The Kier molecular flexibility index (Phi) is 2.97. The van der Waals surface area contributed by atoms with E-state index in [2.05, 4.69) is 0 Å². The highest BCUT2D eigenvalue weighted by molar-refractivity contribution is 5.96. The first kappa shape index (κ1) is 11.5. The summed E-state index contributed by atoms with van der Waals surface area (Å²) in [6.45, 7) is 1.31. The van der Waals surface area contributed by atoms with Gasteiger partial charge in [0.05, 0.1) is 5.56 Å². The van der Waals surface area contributed by atoms with Gasteiger partial charge in [-0.15, -0.1) is 0 Å². The van der Waals surface area contributed by atoms with Crippen molar-refractivity contribution in [3.63, 3.8) is 0 Å². The van der Waals surface area contributed by atoms with Crippen molar-refractivity contribution >= 4 is 11.5 Å². The van der Waals surface area contributed by atoms with Crippen LogP contribution in [0.3, 0.4) is 0 Å². The topological polar surface area (TPSA) is 43.1 Å². The molecule has 15 heavy (non-hydrogen) atoms. The van der Waals surface area contributed by atoms with E-state index in [0.29, 0.717) is 0 Å². The van der Waals surface area contributed by atoms with E-state index in [0.717, 1.165) is 0 Å². The Hall–Kier alpha value is -1.59. The summed E-state index contributed by atoms with van der Waals surface area (Å²) in [4.78, 5) is 11.0. The molecule has 0 fully saturated rings. The van der Waals surface area contributed by atoms with E-state index in [1.807, 2.05) is 0 Å². The lowest BCUT2D eigenvalue weighted by atomic mass is 10.1. The molecule has 0 heterocycles. The molecule has 0 radical (unpaired) electrons. The molecule has 0 unspecified atom stereocenters. The molecule has 82 valence electrons. The highest BCUT2D eigenvalue weighted by atomic mass is 19.2. The maximum absolute atomic E-state index is 13.1. The van der Waals surface area contributed by atoms with Crippen LogP contribution in [0, 0.1) is 23.3 Å². The molecule has 0 aliphatic heterocycles. The van der Waals surface area contributed by atoms with Crippen LogP contribution < -0.4 is 5.73 Å². The standard InChI is InChI=1S/C9H7F4NO/c1-2-3(15)4-5(10)7(12)9(14)8(13)6(4)11/h2,14H2,1H3. The minimum Gasteiger partial charge on any atom is -0.394 e. The van der Waals surface area contributed by atoms with Crippen molar-refractivity contribution < 1.29 is 22.4 Å². The predicted molar refractivity (Wildman–Crippen MR) is 45.3 cm³/mol. The maximum atomic E-state index is 13.1. The van der Waals surface area contributed by atoms with E-state index in [9.17, 15) is 22.4 Å². The van der Waals surface area contributed by atoms with Gasteiger partial charge in [0.15, 0.2) is 29.1 Å². The summed E-state index contributed by atoms with van der Waals surface area (Å²) in [6.07, 6.45) is -0.267. The zero-order chi connectivity index (χ0) is 11.7. The highest BCUT2D eigenvalue weighted by Gasteiger charge is 2.26. The highest BCUT2D eigenvalue weighted by Crippen LogP contribution is 2.26. The first-order chi connectivity index (χ1) is 6.91. The summed E-state index contributed by atoms with van der Waals surface area (Å²) >= 11 is 0. The second-order valence-corrected chi connectivity index (χ2v) is 2.82. The van der Waals surface area contributed by atoms with Crippen LogP contribution in [-0.4, -0.2) is 5.78 Å². The van der Waals surface area contributed by atoms with Crippen molar-refractivity contribution in [3.05, 3.63) is 28.8 Å². The number of carbonyl (C=O) groups is 1. The molecule has 0 saturated heterocycles. The number of hydrogen-bond donors (Lipinski definition) is 1. The number of halogens is 4. The number of hydrogen-bond acceptors (Lipinski definition) is 2. The van der Waals surface area contributed by atoms with Crippen molar-refractivity contribution in [2.45, 2.75) is 13.3 Å². The summed E-state index contributed by atoms with van der Waals surface area (Å²) < 4.78 is 51.9. The molecule has 6 heteroatoms.